The standard InChI is InChI=1S/C21H29N5O/c1-16(15-26-11-5-10-23-26)21(27)25-12-8-18(9-13-25)20-19(14-22-24-20)17-6-3-2-4-7-17/h2-7,10-11,16,18-20,22,24H,8-9,12-15H2,1H3. The first-order valence-corrected chi connectivity index (χ1v) is 10.0. The van der Waals surface area contributed by atoms with Gasteiger partial charge in [0.05, 0.1) is 12.5 Å². The van der Waals surface area contributed by atoms with Gasteiger partial charge in [-0.3, -0.25) is 20.3 Å². The molecular weight excluding hydrogens is 338 g/mol. The van der Waals surface area contributed by atoms with Crippen LogP contribution in [0.15, 0.2) is 48.8 Å². The monoisotopic (exact) mass is 367 g/mol. The molecule has 1 amide bonds. The van der Waals surface area contributed by atoms with Crippen molar-refractivity contribution in [3.8, 4) is 0 Å². The molecule has 0 bridgehead atoms. The van der Waals surface area contributed by atoms with E-state index in [-0.39, 0.29) is 11.8 Å². The number of amides is 1. The van der Waals surface area contributed by atoms with Crippen LogP contribution in [0.4, 0.5) is 0 Å². The summed E-state index contributed by atoms with van der Waals surface area (Å²) in [6.07, 6.45) is 5.79. The van der Waals surface area contributed by atoms with E-state index in [1.165, 1.54) is 5.56 Å². The average Bonchev–Trinajstić information content (AvgIpc) is 3.40. The molecule has 6 nitrogen and oxygen atoms in total. The molecule has 2 aliphatic rings. The normalized spacial score (nSPS) is 24.9. The van der Waals surface area contributed by atoms with Crippen molar-refractivity contribution < 1.29 is 4.79 Å². The number of hydrazine groups is 1. The predicted molar refractivity (Wildman–Crippen MR) is 105 cm³/mol. The molecule has 1 aromatic carbocycles. The molecule has 27 heavy (non-hydrogen) atoms. The van der Waals surface area contributed by atoms with Gasteiger partial charge in [-0.15, -0.1) is 0 Å². The number of nitrogens with one attached hydrogen (secondary N) is 2. The summed E-state index contributed by atoms with van der Waals surface area (Å²) in [6, 6.07) is 13.1. The molecular formula is C21H29N5O. The highest BCUT2D eigenvalue weighted by atomic mass is 16.2. The molecule has 144 valence electrons. The summed E-state index contributed by atoms with van der Waals surface area (Å²) in [6.45, 7) is 5.33. The summed E-state index contributed by atoms with van der Waals surface area (Å²) >= 11 is 0. The lowest BCUT2D eigenvalue weighted by Crippen LogP contribution is -2.47. The van der Waals surface area contributed by atoms with Crippen molar-refractivity contribution >= 4 is 5.91 Å². The number of benzene rings is 1. The summed E-state index contributed by atoms with van der Waals surface area (Å²) in [5.74, 6) is 1.30. The van der Waals surface area contributed by atoms with Gasteiger partial charge in [-0.1, -0.05) is 37.3 Å². The van der Waals surface area contributed by atoms with Crippen LogP contribution in [0.1, 0.15) is 31.2 Å². The van der Waals surface area contributed by atoms with Crippen molar-refractivity contribution in [1.82, 2.24) is 25.5 Å². The van der Waals surface area contributed by atoms with Crippen LogP contribution in [0, 0.1) is 11.8 Å². The Morgan fingerprint density at radius 3 is 2.70 bits per heavy atom. The van der Waals surface area contributed by atoms with Gasteiger partial charge in [0.1, 0.15) is 0 Å². The Bertz CT molecular complexity index is 724. The summed E-state index contributed by atoms with van der Waals surface area (Å²) in [5.41, 5.74) is 8.26. The Hall–Kier alpha value is -2.18. The molecule has 2 fully saturated rings. The average molecular weight is 367 g/mol. The van der Waals surface area contributed by atoms with Crippen LogP contribution in [0.2, 0.25) is 0 Å². The van der Waals surface area contributed by atoms with Gasteiger partial charge in [-0.2, -0.15) is 5.10 Å². The van der Waals surface area contributed by atoms with E-state index < -0.39 is 0 Å². The molecule has 2 aliphatic heterocycles. The number of piperidine rings is 1. The van der Waals surface area contributed by atoms with Crippen molar-refractivity contribution in [3.63, 3.8) is 0 Å². The number of aromatic nitrogens is 2. The number of likely N-dealkylation sites (tertiary alicyclic amines) is 1. The second-order valence-corrected chi connectivity index (χ2v) is 7.86. The van der Waals surface area contributed by atoms with Crippen LogP contribution < -0.4 is 10.9 Å². The summed E-state index contributed by atoms with van der Waals surface area (Å²) < 4.78 is 1.84. The van der Waals surface area contributed by atoms with E-state index in [1.54, 1.807) is 6.20 Å². The summed E-state index contributed by atoms with van der Waals surface area (Å²) in [5, 5.41) is 4.22. The topological polar surface area (TPSA) is 62.2 Å². The maximum Gasteiger partial charge on any atom is 0.227 e. The fraction of sp³-hybridized carbons (Fsp3) is 0.524. The molecule has 0 radical (unpaired) electrons. The minimum absolute atomic E-state index is 0.0372. The first-order chi connectivity index (χ1) is 13.2. The van der Waals surface area contributed by atoms with Gasteiger partial charge >= 0.3 is 0 Å². The molecule has 0 spiro atoms. The lowest BCUT2D eigenvalue weighted by atomic mass is 9.80. The highest BCUT2D eigenvalue weighted by Gasteiger charge is 2.37. The zero-order chi connectivity index (χ0) is 18.6. The van der Waals surface area contributed by atoms with Gasteiger partial charge in [-0.25, -0.2) is 0 Å². The second-order valence-electron chi connectivity index (χ2n) is 7.86. The van der Waals surface area contributed by atoms with Crippen LogP contribution in [0.25, 0.3) is 0 Å². The Labute approximate surface area is 160 Å². The maximum absolute atomic E-state index is 12.8. The molecule has 0 aliphatic carbocycles. The number of carbonyl (C=O) groups excluding carboxylic acids is 1. The quantitative estimate of drug-likeness (QED) is 0.849. The van der Waals surface area contributed by atoms with E-state index in [0.29, 0.717) is 24.4 Å². The SMILES string of the molecule is CC(Cn1cccn1)C(=O)N1CCC(C2NNCC2c2ccccc2)CC1. The molecule has 4 rings (SSSR count). The fourth-order valence-electron chi connectivity index (χ4n) is 4.54. The maximum atomic E-state index is 12.8. The number of hydrogen-bond donors (Lipinski definition) is 2. The highest BCUT2D eigenvalue weighted by molar-refractivity contribution is 5.78. The molecule has 2 aromatic rings. The molecule has 1 aromatic heterocycles. The van der Waals surface area contributed by atoms with Gasteiger partial charge < -0.3 is 4.90 Å². The predicted octanol–water partition coefficient (Wildman–Crippen LogP) is 2.02. The lowest BCUT2D eigenvalue weighted by molar-refractivity contribution is -0.137. The van der Waals surface area contributed by atoms with Crippen molar-refractivity contribution in [1.29, 1.82) is 0 Å². The third kappa shape index (κ3) is 4.06. The van der Waals surface area contributed by atoms with Crippen molar-refractivity contribution in [3.05, 3.63) is 54.4 Å². The number of rotatable bonds is 5. The summed E-state index contributed by atoms with van der Waals surface area (Å²) in [7, 11) is 0. The van der Waals surface area contributed by atoms with E-state index in [4.69, 9.17) is 0 Å². The Morgan fingerprint density at radius 1 is 1.22 bits per heavy atom. The van der Waals surface area contributed by atoms with Crippen LogP contribution >= 0.6 is 0 Å². The van der Waals surface area contributed by atoms with Crippen LogP contribution in [-0.4, -0.2) is 46.3 Å². The molecule has 3 unspecified atom stereocenters. The zero-order valence-corrected chi connectivity index (χ0v) is 15.9. The van der Waals surface area contributed by atoms with E-state index in [0.717, 1.165) is 32.5 Å². The Morgan fingerprint density at radius 2 is 2.00 bits per heavy atom. The fourth-order valence-corrected chi connectivity index (χ4v) is 4.54. The smallest absolute Gasteiger partial charge is 0.227 e. The van der Waals surface area contributed by atoms with Gasteiger partial charge in [-0.05, 0) is 30.4 Å². The van der Waals surface area contributed by atoms with Crippen molar-refractivity contribution in [2.24, 2.45) is 11.8 Å². The van der Waals surface area contributed by atoms with Gasteiger partial charge in [0.25, 0.3) is 0 Å². The van der Waals surface area contributed by atoms with Crippen molar-refractivity contribution in [2.45, 2.75) is 38.3 Å². The second kappa shape index (κ2) is 8.23. The number of carbonyl (C=O) groups is 1. The van der Waals surface area contributed by atoms with Gasteiger partial charge in [0.15, 0.2) is 0 Å². The lowest BCUT2D eigenvalue weighted by Gasteiger charge is -2.37. The largest absolute Gasteiger partial charge is 0.342 e. The minimum Gasteiger partial charge on any atom is -0.342 e. The third-order valence-corrected chi connectivity index (χ3v) is 6.05. The van der Waals surface area contributed by atoms with Gasteiger partial charge in [0, 0.05) is 44.0 Å². The summed E-state index contributed by atoms with van der Waals surface area (Å²) in [4.78, 5) is 14.8. The number of hydrogen-bond acceptors (Lipinski definition) is 4. The first kappa shape index (κ1) is 18.2. The Balaban J connectivity index is 1.32. The van der Waals surface area contributed by atoms with Crippen LogP contribution in [-0.2, 0) is 11.3 Å². The zero-order valence-electron chi connectivity index (χ0n) is 15.9. The third-order valence-electron chi connectivity index (χ3n) is 6.05. The van der Waals surface area contributed by atoms with E-state index in [2.05, 4.69) is 46.3 Å². The highest BCUT2D eigenvalue weighted by Crippen LogP contribution is 2.32. The van der Waals surface area contributed by atoms with Gasteiger partial charge in [0.2, 0.25) is 5.91 Å². The molecule has 3 heterocycles. The molecule has 2 N–H and O–H groups in total. The molecule has 2 saturated heterocycles. The van der Waals surface area contributed by atoms with Crippen LogP contribution in [0.3, 0.4) is 0 Å². The molecule has 6 heteroatoms. The Kier molecular flexibility index (Phi) is 5.55. The van der Waals surface area contributed by atoms with E-state index in [9.17, 15) is 4.79 Å². The first-order valence-electron chi connectivity index (χ1n) is 10.0. The minimum atomic E-state index is -0.0372. The van der Waals surface area contributed by atoms with E-state index in [1.807, 2.05) is 28.8 Å². The molecule has 0 saturated carbocycles. The van der Waals surface area contributed by atoms with Crippen molar-refractivity contribution in [2.75, 3.05) is 19.6 Å². The molecule has 3 atom stereocenters. The number of nitrogens with zero attached hydrogens (tertiary/aromatic N) is 3. The van der Waals surface area contributed by atoms with Crippen LogP contribution in [0.5, 0.6) is 0 Å². The van der Waals surface area contributed by atoms with E-state index >= 15 is 0 Å².